The number of piperazine rings is 1. The molecule has 25 heavy (non-hydrogen) atoms. The maximum atomic E-state index is 13.0. The molecule has 0 aliphatic carbocycles. The van der Waals surface area contributed by atoms with Crippen LogP contribution in [0.15, 0.2) is 48.5 Å². The van der Waals surface area contributed by atoms with Crippen LogP contribution in [0, 0.1) is 5.82 Å². The summed E-state index contributed by atoms with van der Waals surface area (Å²) in [6.07, 6.45) is 0.934. The largest absolute Gasteiger partial charge is 0.494 e. The van der Waals surface area contributed by atoms with Gasteiger partial charge in [-0.3, -0.25) is 4.79 Å². The van der Waals surface area contributed by atoms with Crippen molar-refractivity contribution in [2.24, 2.45) is 0 Å². The number of halogens is 1. The van der Waals surface area contributed by atoms with Crippen LogP contribution in [0.1, 0.15) is 23.7 Å². The molecule has 0 aromatic heterocycles. The Morgan fingerprint density at radius 3 is 2.48 bits per heavy atom. The lowest BCUT2D eigenvalue weighted by Gasteiger charge is -2.36. The average molecular weight is 342 g/mol. The molecule has 1 saturated heterocycles. The highest BCUT2D eigenvalue weighted by atomic mass is 19.1. The molecule has 132 valence electrons. The van der Waals surface area contributed by atoms with E-state index in [0.717, 1.165) is 30.9 Å². The summed E-state index contributed by atoms with van der Waals surface area (Å²) >= 11 is 0. The Morgan fingerprint density at radius 1 is 1.08 bits per heavy atom. The van der Waals surface area contributed by atoms with Crippen LogP contribution in [0.4, 0.5) is 10.1 Å². The van der Waals surface area contributed by atoms with Gasteiger partial charge in [-0.1, -0.05) is 13.0 Å². The second-order valence-electron chi connectivity index (χ2n) is 6.13. The number of hydrogen-bond donors (Lipinski definition) is 0. The number of rotatable bonds is 5. The van der Waals surface area contributed by atoms with E-state index in [9.17, 15) is 9.18 Å². The SMILES string of the molecule is CCCOc1cccc(C(=O)N2CCN(c3ccc(F)cc3)CC2)c1. The van der Waals surface area contributed by atoms with E-state index in [1.165, 1.54) is 12.1 Å². The Bertz CT molecular complexity index is 710. The molecule has 1 fully saturated rings. The molecule has 2 aromatic rings. The van der Waals surface area contributed by atoms with Crippen molar-refractivity contribution in [3.05, 3.63) is 59.9 Å². The van der Waals surface area contributed by atoms with E-state index in [-0.39, 0.29) is 11.7 Å². The Labute approximate surface area is 147 Å². The molecule has 0 radical (unpaired) electrons. The van der Waals surface area contributed by atoms with Gasteiger partial charge in [-0.05, 0) is 48.9 Å². The van der Waals surface area contributed by atoms with E-state index in [4.69, 9.17) is 4.74 Å². The Hall–Kier alpha value is -2.56. The van der Waals surface area contributed by atoms with Gasteiger partial charge in [-0.2, -0.15) is 0 Å². The minimum absolute atomic E-state index is 0.0284. The van der Waals surface area contributed by atoms with E-state index in [0.29, 0.717) is 25.3 Å². The molecule has 2 aromatic carbocycles. The topological polar surface area (TPSA) is 32.8 Å². The van der Waals surface area contributed by atoms with E-state index in [1.807, 2.05) is 29.2 Å². The molecule has 0 bridgehead atoms. The molecular weight excluding hydrogens is 319 g/mol. The van der Waals surface area contributed by atoms with E-state index >= 15 is 0 Å². The Balaban J connectivity index is 1.60. The van der Waals surface area contributed by atoms with Gasteiger partial charge in [-0.15, -0.1) is 0 Å². The molecule has 5 heteroatoms. The van der Waals surface area contributed by atoms with Gasteiger partial charge in [0, 0.05) is 37.4 Å². The van der Waals surface area contributed by atoms with Gasteiger partial charge >= 0.3 is 0 Å². The van der Waals surface area contributed by atoms with Crippen molar-refractivity contribution in [1.82, 2.24) is 4.90 Å². The summed E-state index contributed by atoms with van der Waals surface area (Å²) < 4.78 is 18.6. The third kappa shape index (κ3) is 4.29. The zero-order chi connectivity index (χ0) is 17.6. The van der Waals surface area contributed by atoms with E-state index in [1.54, 1.807) is 12.1 Å². The molecule has 0 spiro atoms. The normalized spacial score (nSPS) is 14.5. The maximum absolute atomic E-state index is 13.0. The summed E-state index contributed by atoms with van der Waals surface area (Å²) in [4.78, 5) is 16.7. The highest BCUT2D eigenvalue weighted by Crippen LogP contribution is 2.19. The summed E-state index contributed by atoms with van der Waals surface area (Å²) in [7, 11) is 0. The van der Waals surface area contributed by atoms with Crippen molar-refractivity contribution in [3.63, 3.8) is 0 Å². The van der Waals surface area contributed by atoms with Crippen LogP contribution < -0.4 is 9.64 Å². The molecule has 0 unspecified atom stereocenters. The first-order valence-corrected chi connectivity index (χ1v) is 8.70. The fourth-order valence-corrected chi connectivity index (χ4v) is 2.94. The summed E-state index contributed by atoms with van der Waals surface area (Å²) in [5.74, 6) is 0.529. The first-order valence-electron chi connectivity index (χ1n) is 8.70. The van der Waals surface area contributed by atoms with E-state index in [2.05, 4.69) is 11.8 Å². The third-order valence-corrected chi connectivity index (χ3v) is 4.31. The average Bonchev–Trinajstić information content (AvgIpc) is 2.67. The Kier molecular flexibility index (Phi) is 5.53. The quantitative estimate of drug-likeness (QED) is 0.833. The van der Waals surface area contributed by atoms with Crippen LogP contribution >= 0.6 is 0 Å². The standard InChI is InChI=1S/C20H23FN2O2/c1-2-14-25-19-5-3-4-16(15-19)20(24)23-12-10-22(11-13-23)18-8-6-17(21)7-9-18/h3-9,15H,2,10-14H2,1H3. The van der Waals surface area contributed by atoms with Gasteiger partial charge in [-0.25, -0.2) is 4.39 Å². The summed E-state index contributed by atoms with van der Waals surface area (Å²) in [6.45, 7) is 5.48. The third-order valence-electron chi connectivity index (χ3n) is 4.31. The molecule has 0 atom stereocenters. The monoisotopic (exact) mass is 342 g/mol. The molecule has 1 amide bonds. The van der Waals surface area contributed by atoms with Gasteiger partial charge in [0.2, 0.25) is 0 Å². The second-order valence-corrected chi connectivity index (χ2v) is 6.13. The van der Waals surface area contributed by atoms with Crippen molar-refractivity contribution >= 4 is 11.6 Å². The number of carbonyl (C=O) groups excluding carboxylic acids is 1. The van der Waals surface area contributed by atoms with Gasteiger partial charge in [0.25, 0.3) is 5.91 Å². The number of carbonyl (C=O) groups is 1. The zero-order valence-corrected chi connectivity index (χ0v) is 14.5. The number of benzene rings is 2. The van der Waals surface area contributed by atoms with Crippen LogP contribution in [0.2, 0.25) is 0 Å². The molecule has 0 saturated carbocycles. The fourth-order valence-electron chi connectivity index (χ4n) is 2.94. The molecule has 3 rings (SSSR count). The van der Waals surface area contributed by atoms with Gasteiger partial charge < -0.3 is 14.5 Å². The zero-order valence-electron chi connectivity index (χ0n) is 14.5. The first kappa shape index (κ1) is 17.3. The predicted molar refractivity (Wildman–Crippen MR) is 96.7 cm³/mol. The number of hydrogen-bond acceptors (Lipinski definition) is 3. The Morgan fingerprint density at radius 2 is 1.80 bits per heavy atom. The molecule has 4 nitrogen and oxygen atoms in total. The number of amides is 1. The molecule has 0 N–H and O–H groups in total. The van der Waals surface area contributed by atoms with Gasteiger partial charge in [0.1, 0.15) is 11.6 Å². The van der Waals surface area contributed by atoms with Gasteiger partial charge in [0.05, 0.1) is 6.61 Å². The van der Waals surface area contributed by atoms with Crippen molar-refractivity contribution < 1.29 is 13.9 Å². The number of ether oxygens (including phenoxy) is 1. The maximum Gasteiger partial charge on any atom is 0.254 e. The smallest absolute Gasteiger partial charge is 0.254 e. The lowest BCUT2D eigenvalue weighted by molar-refractivity contribution is 0.0746. The highest BCUT2D eigenvalue weighted by Gasteiger charge is 2.22. The predicted octanol–water partition coefficient (Wildman–Crippen LogP) is 3.58. The molecule has 1 aliphatic rings. The second kappa shape index (κ2) is 8.01. The minimum atomic E-state index is -0.234. The molecule has 1 aliphatic heterocycles. The summed E-state index contributed by atoms with van der Waals surface area (Å²) in [6, 6.07) is 13.9. The first-order chi connectivity index (χ1) is 12.2. The number of nitrogens with zero attached hydrogens (tertiary/aromatic N) is 2. The van der Waals surface area contributed by atoms with Crippen LogP contribution in [-0.4, -0.2) is 43.6 Å². The minimum Gasteiger partial charge on any atom is -0.494 e. The van der Waals surface area contributed by atoms with Crippen LogP contribution in [0.25, 0.3) is 0 Å². The van der Waals surface area contributed by atoms with Crippen LogP contribution in [0.5, 0.6) is 5.75 Å². The number of anilines is 1. The molecular formula is C20H23FN2O2. The van der Waals surface area contributed by atoms with E-state index < -0.39 is 0 Å². The summed E-state index contributed by atoms with van der Waals surface area (Å²) in [5.41, 5.74) is 1.65. The molecule has 1 heterocycles. The van der Waals surface area contributed by atoms with Crippen LogP contribution in [-0.2, 0) is 0 Å². The van der Waals surface area contributed by atoms with Crippen molar-refractivity contribution in [2.75, 3.05) is 37.7 Å². The summed E-state index contributed by atoms with van der Waals surface area (Å²) in [5, 5.41) is 0. The van der Waals surface area contributed by atoms with Crippen LogP contribution in [0.3, 0.4) is 0 Å². The van der Waals surface area contributed by atoms with Crippen molar-refractivity contribution in [3.8, 4) is 5.75 Å². The lowest BCUT2D eigenvalue weighted by Crippen LogP contribution is -2.48. The highest BCUT2D eigenvalue weighted by molar-refractivity contribution is 5.94. The van der Waals surface area contributed by atoms with Crippen molar-refractivity contribution in [1.29, 1.82) is 0 Å². The fraction of sp³-hybridized carbons (Fsp3) is 0.350. The van der Waals surface area contributed by atoms with Crippen molar-refractivity contribution in [2.45, 2.75) is 13.3 Å². The lowest BCUT2D eigenvalue weighted by atomic mass is 10.1. The van der Waals surface area contributed by atoms with Gasteiger partial charge in [0.15, 0.2) is 0 Å².